The van der Waals surface area contributed by atoms with Crippen molar-refractivity contribution >= 4 is 29.4 Å². The van der Waals surface area contributed by atoms with Crippen LogP contribution >= 0.6 is 11.8 Å². The number of carbonyl (C=O) groups is 2. The quantitative estimate of drug-likeness (QED) is 0.625. The topological polar surface area (TPSA) is 53.1 Å². The number of thioether (sulfide) groups is 1. The summed E-state index contributed by atoms with van der Waals surface area (Å²) in [5.74, 6) is 0.353. The fraction of sp³-hybridized carbons (Fsp3) is 0.417. The Labute approximate surface area is 196 Å². The summed E-state index contributed by atoms with van der Waals surface area (Å²) < 4.78 is 33.2. The van der Waals surface area contributed by atoms with Gasteiger partial charge in [0.2, 0.25) is 5.91 Å². The molecule has 2 saturated heterocycles. The van der Waals surface area contributed by atoms with Crippen LogP contribution in [-0.2, 0) is 4.79 Å². The zero-order chi connectivity index (χ0) is 23.4. The van der Waals surface area contributed by atoms with Crippen LogP contribution in [0.25, 0.3) is 0 Å². The van der Waals surface area contributed by atoms with E-state index in [0.29, 0.717) is 50.5 Å². The van der Waals surface area contributed by atoms with Gasteiger partial charge >= 0.3 is 6.03 Å². The van der Waals surface area contributed by atoms with E-state index in [1.807, 2.05) is 31.2 Å². The molecule has 0 spiro atoms. The van der Waals surface area contributed by atoms with Gasteiger partial charge in [0.05, 0.1) is 6.61 Å². The van der Waals surface area contributed by atoms with Crippen LogP contribution in [0.3, 0.4) is 0 Å². The number of ether oxygens (including phenoxy) is 1. The van der Waals surface area contributed by atoms with Crippen molar-refractivity contribution < 1.29 is 23.1 Å². The van der Waals surface area contributed by atoms with E-state index >= 15 is 0 Å². The maximum Gasteiger partial charge on any atom is 0.325 e. The Morgan fingerprint density at radius 3 is 2.64 bits per heavy atom. The number of rotatable bonds is 6. The highest BCUT2D eigenvalue weighted by atomic mass is 32.2. The van der Waals surface area contributed by atoms with E-state index in [9.17, 15) is 18.4 Å². The van der Waals surface area contributed by atoms with Gasteiger partial charge in [-0.15, -0.1) is 0 Å². The number of hydrogen-bond donors (Lipinski definition) is 0. The third-order valence-electron chi connectivity index (χ3n) is 5.88. The molecule has 9 heteroatoms. The molecule has 1 unspecified atom stereocenters. The van der Waals surface area contributed by atoms with Gasteiger partial charge in [0.25, 0.3) is 0 Å². The van der Waals surface area contributed by atoms with Crippen LogP contribution in [0.15, 0.2) is 42.5 Å². The minimum atomic E-state index is -0.464. The fourth-order valence-corrected chi connectivity index (χ4v) is 5.39. The normalized spacial score (nSPS) is 19.1. The van der Waals surface area contributed by atoms with Crippen molar-refractivity contribution in [2.75, 3.05) is 50.0 Å². The summed E-state index contributed by atoms with van der Waals surface area (Å²) in [6.07, 6.45) is 0.531. The van der Waals surface area contributed by atoms with Gasteiger partial charge in [0.15, 0.2) is 0 Å². The fourth-order valence-electron chi connectivity index (χ4n) is 4.15. The molecule has 33 heavy (non-hydrogen) atoms. The number of anilines is 1. The highest BCUT2D eigenvalue weighted by molar-refractivity contribution is 7.99. The average molecular weight is 476 g/mol. The van der Waals surface area contributed by atoms with E-state index in [1.54, 1.807) is 14.7 Å². The molecule has 0 aromatic heterocycles. The largest absolute Gasteiger partial charge is 0.494 e. The van der Waals surface area contributed by atoms with Crippen molar-refractivity contribution in [3.63, 3.8) is 0 Å². The van der Waals surface area contributed by atoms with Gasteiger partial charge in [0.1, 0.15) is 23.9 Å². The molecule has 2 aliphatic heterocycles. The minimum absolute atomic E-state index is 0.00994. The van der Waals surface area contributed by atoms with Crippen molar-refractivity contribution in [3.05, 3.63) is 59.7 Å². The zero-order valence-electron chi connectivity index (χ0n) is 18.5. The molecule has 0 N–H and O–H groups in total. The van der Waals surface area contributed by atoms with Crippen LogP contribution in [0.5, 0.6) is 5.75 Å². The van der Waals surface area contributed by atoms with Gasteiger partial charge in [-0.3, -0.25) is 9.69 Å². The number of urea groups is 1. The lowest BCUT2D eigenvalue weighted by Crippen LogP contribution is -2.43. The Morgan fingerprint density at radius 2 is 1.88 bits per heavy atom. The molecule has 3 amide bonds. The van der Waals surface area contributed by atoms with Gasteiger partial charge in [0, 0.05) is 48.4 Å². The van der Waals surface area contributed by atoms with E-state index in [-0.39, 0.29) is 23.7 Å². The number of hydrogen-bond acceptors (Lipinski definition) is 4. The minimum Gasteiger partial charge on any atom is -0.494 e. The van der Waals surface area contributed by atoms with Gasteiger partial charge in [-0.05, 0) is 55.8 Å². The molecule has 2 aromatic rings. The monoisotopic (exact) mass is 475 g/mol. The summed E-state index contributed by atoms with van der Waals surface area (Å²) >= 11 is 1.53. The molecule has 0 saturated carbocycles. The lowest BCUT2D eigenvalue weighted by molar-refractivity contribution is -0.131. The molecule has 2 fully saturated rings. The predicted molar refractivity (Wildman–Crippen MR) is 125 cm³/mol. The highest BCUT2D eigenvalue weighted by Gasteiger charge is 2.32. The van der Waals surface area contributed by atoms with Crippen molar-refractivity contribution in [1.29, 1.82) is 0 Å². The second kappa shape index (κ2) is 10.4. The summed E-state index contributed by atoms with van der Waals surface area (Å²) in [5, 5.41) is -0.206. The molecular formula is C24H27F2N3O3S. The molecule has 1 atom stereocenters. The van der Waals surface area contributed by atoms with E-state index in [2.05, 4.69) is 0 Å². The Hall–Kier alpha value is -2.81. The van der Waals surface area contributed by atoms with Crippen molar-refractivity contribution in [1.82, 2.24) is 9.80 Å². The Balaban J connectivity index is 1.33. The number of nitrogens with zero attached hydrogens (tertiary/aromatic N) is 3. The van der Waals surface area contributed by atoms with E-state index < -0.39 is 11.6 Å². The summed E-state index contributed by atoms with van der Waals surface area (Å²) in [7, 11) is 0. The van der Waals surface area contributed by atoms with Crippen LogP contribution in [0.2, 0.25) is 0 Å². The molecule has 6 nitrogen and oxygen atoms in total. The molecule has 0 bridgehead atoms. The molecule has 2 aromatic carbocycles. The van der Waals surface area contributed by atoms with Crippen LogP contribution in [0.4, 0.5) is 19.3 Å². The second-order valence-corrected chi connectivity index (χ2v) is 9.29. The number of amides is 3. The van der Waals surface area contributed by atoms with Gasteiger partial charge < -0.3 is 14.5 Å². The Bertz CT molecular complexity index is 1000. The van der Waals surface area contributed by atoms with Gasteiger partial charge in [-0.25, -0.2) is 13.6 Å². The highest BCUT2D eigenvalue weighted by Crippen LogP contribution is 2.36. The number of benzene rings is 2. The maximum atomic E-state index is 14.2. The molecule has 2 heterocycles. The van der Waals surface area contributed by atoms with E-state index in [4.69, 9.17) is 4.74 Å². The summed E-state index contributed by atoms with van der Waals surface area (Å²) in [6.45, 7) is 4.43. The van der Waals surface area contributed by atoms with Crippen molar-refractivity contribution in [2.24, 2.45) is 0 Å². The Morgan fingerprint density at radius 1 is 1.09 bits per heavy atom. The molecule has 2 aliphatic rings. The first kappa shape index (κ1) is 23.4. The first-order valence-electron chi connectivity index (χ1n) is 11.1. The molecule has 4 rings (SSSR count). The van der Waals surface area contributed by atoms with E-state index in [1.165, 1.54) is 17.8 Å². The van der Waals surface area contributed by atoms with E-state index in [0.717, 1.165) is 23.6 Å². The number of carbonyl (C=O) groups excluding carboxylic acids is 2. The third-order valence-corrected chi connectivity index (χ3v) is 7.19. The lowest BCUT2D eigenvalue weighted by Gasteiger charge is -2.24. The van der Waals surface area contributed by atoms with Crippen LogP contribution in [0, 0.1) is 11.6 Å². The zero-order valence-corrected chi connectivity index (χ0v) is 19.3. The molecule has 0 radical (unpaired) electrons. The maximum absolute atomic E-state index is 14.2. The smallest absolute Gasteiger partial charge is 0.325 e. The van der Waals surface area contributed by atoms with Gasteiger partial charge in [-0.1, -0.05) is 0 Å². The average Bonchev–Trinajstić information content (AvgIpc) is 3.01. The third kappa shape index (κ3) is 5.40. The first-order valence-corrected chi connectivity index (χ1v) is 12.1. The first-order chi connectivity index (χ1) is 16.0. The predicted octanol–water partition coefficient (Wildman–Crippen LogP) is 4.31. The van der Waals surface area contributed by atoms with Crippen LogP contribution < -0.4 is 9.64 Å². The molecular weight excluding hydrogens is 448 g/mol. The SMILES string of the molecule is CCOc1ccc(N2CCN(CC(=O)N3CCSC(c4cc(F)ccc4F)CC3)C2=O)cc1. The molecule has 0 aliphatic carbocycles. The second-order valence-electron chi connectivity index (χ2n) is 7.98. The lowest BCUT2D eigenvalue weighted by atomic mass is 10.1. The Kier molecular flexibility index (Phi) is 7.37. The van der Waals surface area contributed by atoms with Crippen LogP contribution in [-0.4, -0.2) is 66.8 Å². The summed E-state index contributed by atoms with van der Waals surface area (Å²) in [4.78, 5) is 30.7. The summed E-state index contributed by atoms with van der Waals surface area (Å²) in [6, 6.07) is 10.6. The summed E-state index contributed by atoms with van der Waals surface area (Å²) in [5.41, 5.74) is 1.11. The van der Waals surface area contributed by atoms with Crippen molar-refractivity contribution in [3.8, 4) is 5.75 Å². The number of halogens is 2. The molecule has 176 valence electrons. The van der Waals surface area contributed by atoms with Crippen LogP contribution in [0.1, 0.15) is 24.2 Å². The van der Waals surface area contributed by atoms with Gasteiger partial charge in [-0.2, -0.15) is 11.8 Å². The standard InChI is InChI=1S/C24H27F2N3O3S/c1-2-32-19-6-4-18(5-7-19)29-12-11-28(24(29)31)16-23(30)27-10-9-22(33-14-13-27)20-15-17(25)3-8-21(20)26/h3-8,15,22H,2,9-14,16H2,1H3. The van der Waals surface area contributed by atoms with Crippen molar-refractivity contribution in [2.45, 2.75) is 18.6 Å².